The molecule has 0 radical (unpaired) electrons. The van der Waals surface area contributed by atoms with Crippen molar-refractivity contribution in [3.63, 3.8) is 0 Å². The number of amides is 2. The lowest BCUT2D eigenvalue weighted by atomic mass is 9.99. The van der Waals surface area contributed by atoms with Gasteiger partial charge >= 0.3 is 6.18 Å². The third-order valence-corrected chi connectivity index (χ3v) is 3.09. The Bertz CT molecular complexity index is 564. The number of hydrogen-bond acceptors (Lipinski definition) is 4. The van der Waals surface area contributed by atoms with Crippen molar-refractivity contribution >= 4 is 11.8 Å². The van der Waals surface area contributed by atoms with Crippen LogP contribution in [-0.2, 0) is 31.7 Å². The molecule has 3 N–H and O–H groups in total. The summed E-state index contributed by atoms with van der Waals surface area (Å²) in [6.07, 6.45) is -4.93. The molecular formula is C15H19F3N2O4. The topological polar surface area (TPSA) is 90.7 Å². The Labute approximate surface area is 137 Å². The Morgan fingerprint density at radius 2 is 1.92 bits per heavy atom. The van der Waals surface area contributed by atoms with E-state index in [-0.39, 0.29) is 31.8 Å². The first-order chi connectivity index (χ1) is 11.3. The molecule has 0 fully saturated rings. The molecule has 0 saturated heterocycles. The van der Waals surface area contributed by atoms with Crippen LogP contribution >= 0.6 is 0 Å². The van der Waals surface area contributed by atoms with E-state index in [0.29, 0.717) is 0 Å². The summed E-state index contributed by atoms with van der Waals surface area (Å²) in [6, 6.07) is 3.53. The number of nitrogens with two attached hydrogens (primary N) is 1. The van der Waals surface area contributed by atoms with Gasteiger partial charge in [0.05, 0.1) is 18.8 Å². The molecule has 0 saturated carbocycles. The number of hydrogen-bond donors (Lipinski definition) is 2. The smallest absolute Gasteiger partial charge is 0.382 e. The van der Waals surface area contributed by atoms with Crippen molar-refractivity contribution in [1.82, 2.24) is 5.32 Å². The minimum absolute atomic E-state index is 0.130. The standard InChI is InChI=1S/C15H19F3N2O4/c1-23-6-7-24-9-13(21)20-12(14(19)22)8-10-4-2-3-5-11(10)15(16,17)18/h2-5,12H,6-9H2,1H3,(H2,19,22)(H,20,21)/t12-/m0/s1. The van der Waals surface area contributed by atoms with E-state index in [1.165, 1.54) is 25.3 Å². The van der Waals surface area contributed by atoms with E-state index in [0.717, 1.165) is 6.07 Å². The third kappa shape index (κ3) is 6.55. The molecule has 1 rings (SSSR count). The molecule has 0 bridgehead atoms. The van der Waals surface area contributed by atoms with Crippen molar-refractivity contribution in [2.24, 2.45) is 5.73 Å². The van der Waals surface area contributed by atoms with Crippen LogP contribution in [-0.4, -0.2) is 44.8 Å². The normalized spacial score (nSPS) is 12.7. The maximum absolute atomic E-state index is 13.0. The highest BCUT2D eigenvalue weighted by atomic mass is 19.4. The van der Waals surface area contributed by atoms with Gasteiger partial charge in [0.2, 0.25) is 11.8 Å². The first kappa shape index (κ1) is 19.9. The van der Waals surface area contributed by atoms with Gasteiger partial charge in [0.15, 0.2) is 0 Å². The van der Waals surface area contributed by atoms with Crippen LogP contribution in [0.15, 0.2) is 24.3 Å². The third-order valence-electron chi connectivity index (χ3n) is 3.09. The number of carbonyl (C=O) groups excluding carboxylic acids is 2. The largest absolute Gasteiger partial charge is 0.416 e. The van der Waals surface area contributed by atoms with E-state index in [1.54, 1.807) is 0 Å². The van der Waals surface area contributed by atoms with Gasteiger partial charge in [0.1, 0.15) is 12.6 Å². The van der Waals surface area contributed by atoms with E-state index < -0.39 is 29.6 Å². The highest BCUT2D eigenvalue weighted by molar-refractivity contribution is 5.87. The lowest BCUT2D eigenvalue weighted by Gasteiger charge is -2.18. The lowest BCUT2D eigenvalue weighted by molar-refractivity contribution is -0.138. The van der Waals surface area contributed by atoms with Gasteiger partial charge < -0.3 is 20.5 Å². The fraction of sp³-hybridized carbons (Fsp3) is 0.467. The van der Waals surface area contributed by atoms with Crippen molar-refractivity contribution in [3.05, 3.63) is 35.4 Å². The maximum atomic E-state index is 13.0. The SMILES string of the molecule is COCCOCC(=O)N[C@@H](Cc1ccccc1C(F)(F)F)C(N)=O. The van der Waals surface area contributed by atoms with Gasteiger partial charge in [-0.2, -0.15) is 13.2 Å². The van der Waals surface area contributed by atoms with E-state index in [4.69, 9.17) is 15.2 Å². The van der Waals surface area contributed by atoms with Crippen LogP contribution in [0, 0.1) is 0 Å². The molecule has 1 aromatic rings. The molecule has 2 amide bonds. The van der Waals surface area contributed by atoms with Crippen molar-refractivity contribution < 1.29 is 32.2 Å². The molecule has 134 valence electrons. The van der Waals surface area contributed by atoms with Crippen molar-refractivity contribution in [2.45, 2.75) is 18.6 Å². The Morgan fingerprint density at radius 3 is 2.50 bits per heavy atom. The van der Waals surface area contributed by atoms with Crippen LogP contribution in [0.1, 0.15) is 11.1 Å². The molecule has 1 atom stereocenters. The highest BCUT2D eigenvalue weighted by Gasteiger charge is 2.34. The molecule has 6 nitrogen and oxygen atoms in total. The van der Waals surface area contributed by atoms with Crippen LogP contribution < -0.4 is 11.1 Å². The second-order valence-corrected chi connectivity index (χ2v) is 4.93. The van der Waals surface area contributed by atoms with Gasteiger partial charge in [0.25, 0.3) is 0 Å². The van der Waals surface area contributed by atoms with Crippen molar-refractivity contribution in [2.75, 3.05) is 26.9 Å². The molecule has 0 spiro atoms. The molecule has 0 heterocycles. The van der Waals surface area contributed by atoms with E-state index in [1.807, 2.05) is 0 Å². The molecule has 9 heteroatoms. The minimum atomic E-state index is -4.56. The molecule has 0 aliphatic rings. The molecule has 0 aliphatic carbocycles. The predicted molar refractivity (Wildman–Crippen MR) is 79.0 cm³/mol. The van der Waals surface area contributed by atoms with E-state index in [2.05, 4.69) is 5.32 Å². The number of alkyl halides is 3. The number of primary amides is 1. The van der Waals surface area contributed by atoms with E-state index in [9.17, 15) is 22.8 Å². The van der Waals surface area contributed by atoms with Crippen LogP contribution in [0.4, 0.5) is 13.2 Å². The number of rotatable bonds is 9. The van der Waals surface area contributed by atoms with Crippen molar-refractivity contribution in [1.29, 1.82) is 0 Å². The summed E-state index contributed by atoms with van der Waals surface area (Å²) < 4.78 is 48.6. The number of benzene rings is 1. The van der Waals surface area contributed by atoms with Crippen LogP contribution in [0.25, 0.3) is 0 Å². The highest BCUT2D eigenvalue weighted by Crippen LogP contribution is 2.32. The summed E-state index contributed by atoms with van der Waals surface area (Å²) in [5.41, 5.74) is 4.17. The zero-order valence-electron chi connectivity index (χ0n) is 13.1. The quantitative estimate of drug-likeness (QED) is 0.648. The molecule has 0 aromatic heterocycles. The van der Waals surface area contributed by atoms with Crippen LogP contribution in [0.3, 0.4) is 0 Å². The average molecular weight is 348 g/mol. The lowest BCUT2D eigenvalue weighted by Crippen LogP contribution is -2.47. The average Bonchev–Trinajstić information content (AvgIpc) is 2.50. The first-order valence-corrected chi connectivity index (χ1v) is 7.06. The Morgan fingerprint density at radius 1 is 1.25 bits per heavy atom. The van der Waals surface area contributed by atoms with Gasteiger partial charge in [-0.25, -0.2) is 0 Å². The first-order valence-electron chi connectivity index (χ1n) is 7.06. The van der Waals surface area contributed by atoms with Gasteiger partial charge in [-0.1, -0.05) is 18.2 Å². The summed E-state index contributed by atoms with van der Waals surface area (Å²) >= 11 is 0. The van der Waals surface area contributed by atoms with Gasteiger partial charge in [-0.15, -0.1) is 0 Å². The summed E-state index contributed by atoms with van der Waals surface area (Å²) in [4.78, 5) is 23.1. The minimum Gasteiger partial charge on any atom is -0.382 e. The second kappa shape index (κ2) is 9.24. The summed E-state index contributed by atoms with van der Waals surface area (Å²) in [5.74, 6) is -1.59. The predicted octanol–water partition coefficient (Wildman–Crippen LogP) is 0.881. The molecule has 1 aromatic carbocycles. The van der Waals surface area contributed by atoms with Crippen molar-refractivity contribution in [3.8, 4) is 0 Å². The molecule has 0 aliphatic heterocycles. The number of nitrogens with one attached hydrogen (secondary N) is 1. The van der Waals surface area contributed by atoms with E-state index >= 15 is 0 Å². The van der Waals surface area contributed by atoms with Gasteiger partial charge in [0, 0.05) is 13.5 Å². The maximum Gasteiger partial charge on any atom is 0.416 e. The second-order valence-electron chi connectivity index (χ2n) is 4.93. The Balaban J connectivity index is 2.74. The molecule has 24 heavy (non-hydrogen) atoms. The van der Waals surface area contributed by atoms with Gasteiger partial charge in [-0.3, -0.25) is 9.59 Å². The molecular weight excluding hydrogens is 329 g/mol. The van der Waals surface area contributed by atoms with Crippen LogP contribution in [0.5, 0.6) is 0 Å². The zero-order chi connectivity index (χ0) is 18.2. The summed E-state index contributed by atoms with van der Waals surface area (Å²) in [7, 11) is 1.46. The number of carbonyl (C=O) groups is 2. The zero-order valence-corrected chi connectivity index (χ0v) is 13.1. The van der Waals surface area contributed by atoms with Crippen LogP contribution in [0.2, 0.25) is 0 Å². The fourth-order valence-corrected chi connectivity index (χ4v) is 1.96. The summed E-state index contributed by atoms with van der Waals surface area (Å²) in [5, 5.41) is 2.27. The monoisotopic (exact) mass is 348 g/mol. The summed E-state index contributed by atoms with van der Waals surface area (Å²) in [6.45, 7) is 0.0988. The van der Waals surface area contributed by atoms with Gasteiger partial charge in [-0.05, 0) is 11.6 Å². The fourth-order valence-electron chi connectivity index (χ4n) is 1.96. The number of methoxy groups -OCH3 is 1. The Hall–Kier alpha value is -2.13. The molecule has 0 unspecified atom stereocenters. The number of ether oxygens (including phenoxy) is 2. The Kier molecular flexibility index (Phi) is 7.66. The number of halogens is 3.